The van der Waals surface area contributed by atoms with E-state index in [4.69, 9.17) is 4.42 Å². The average Bonchev–Trinajstić information content (AvgIpc) is 3.15. The smallest absolute Gasteiger partial charge is 0.419 e. The molecule has 7 nitrogen and oxygen atoms in total. The molecular weight excluding hydrogens is 325 g/mol. The zero-order valence-corrected chi connectivity index (χ0v) is 13.3. The van der Waals surface area contributed by atoms with Gasteiger partial charge in [-0.1, -0.05) is 0 Å². The maximum absolute atomic E-state index is 12.8. The number of hydrogen-bond acceptors (Lipinski definition) is 5. The topological polar surface area (TPSA) is 74.6 Å². The SMILES string of the molecule is Cc1cc(C)n(CCc2nnc(-c3cc(C(F)(F)F)n(C)n3)o2)n1. The number of nitrogens with zero attached hydrogens (tertiary/aromatic N) is 6. The molecule has 24 heavy (non-hydrogen) atoms. The van der Waals surface area contributed by atoms with Gasteiger partial charge in [-0.3, -0.25) is 9.36 Å². The molecule has 0 unspecified atom stereocenters. The van der Waals surface area contributed by atoms with Crippen LogP contribution < -0.4 is 0 Å². The fourth-order valence-electron chi connectivity index (χ4n) is 2.40. The summed E-state index contributed by atoms with van der Waals surface area (Å²) in [4.78, 5) is 0. The molecule has 0 spiro atoms. The van der Waals surface area contributed by atoms with E-state index in [-0.39, 0.29) is 11.6 Å². The number of alkyl halides is 3. The fourth-order valence-corrected chi connectivity index (χ4v) is 2.40. The summed E-state index contributed by atoms with van der Waals surface area (Å²) in [5.41, 5.74) is 1.04. The second kappa shape index (κ2) is 5.77. The Morgan fingerprint density at radius 3 is 2.46 bits per heavy atom. The minimum Gasteiger partial charge on any atom is -0.419 e. The summed E-state index contributed by atoms with van der Waals surface area (Å²) in [6.07, 6.45) is -4.06. The van der Waals surface area contributed by atoms with E-state index in [0.29, 0.717) is 18.9 Å². The molecule has 0 fully saturated rings. The van der Waals surface area contributed by atoms with Gasteiger partial charge in [-0.05, 0) is 19.9 Å². The molecule has 3 rings (SSSR count). The second-order valence-corrected chi connectivity index (χ2v) is 5.44. The molecule has 0 amide bonds. The molecule has 0 aromatic carbocycles. The molecule has 0 aliphatic rings. The normalized spacial score (nSPS) is 12.1. The van der Waals surface area contributed by atoms with Crippen LogP contribution in [0.15, 0.2) is 16.5 Å². The first-order valence-corrected chi connectivity index (χ1v) is 7.19. The van der Waals surface area contributed by atoms with Crippen molar-refractivity contribution in [3.05, 3.63) is 35.1 Å². The van der Waals surface area contributed by atoms with Crippen LogP contribution in [0.4, 0.5) is 13.2 Å². The lowest BCUT2D eigenvalue weighted by atomic mass is 10.3. The zero-order valence-electron chi connectivity index (χ0n) is 13.3. The summed E-state index contributed by atoms with van der Waals surface area (Å²) < 4.78 is 46.3. The molecule has 3 heterocycles. The van der Waals surface area contributed by atoms with Crippen molar-refractivity contribution in [3.63, 3.8) is 0 Å². The van der Waals surface area contributed by atoms with Gasteiger partial charge >= 0.3 is 6.18 Å². The summed E-state index contributed by atoms with van der Waals surface area (Å²) in [5, 5.41) is 15.7. The van der Waals surface area contributed by atoms with Crippen LogP contribution in [-0.2, 0) is 26.2 Å². The van der Waals surface area contributed by atoms with Gasteiger partial charge in [0, 0.05) is 31.8 Å². The van der Waals surface area contributed by atoms with Crippen LogP contribution in [0.2, 0.25) is 0 Å². The third-order valence-corrected chi connectivity index (χ3v) is 3.50. The van der Waals surface area contributed by atoms with E-state index in [9.17, 15) is 13.2 Å². The Morgan fingerprint density at radius 1 is 1.12 bits per heavy atom. The largest absolute Gasteiger partial charge is 0.433 e. The van der Waals surface area contributed by atoms with Gasteiger partial charge in [-0.15, -0.1) is 10.2 Å². The Bertz CT molecular complexity index is 860. The monoisotopic (exact) mass is 340 g/mol. The molecule has 0 bridgehead atoms. The van der Waals surface area contributed by atoms with E-state index < -0.39 is 11.9 Å². The lowest BCUT2D eigenvalue weighted by molar-refractivity contribution is -0.143. The molecule has 3 aromatic heterocycles. The van der Waals surface area contributed by atoms with Crippen molar-refractivity contribution in [3.8, 4) is 11.6 Å². The number of aryl methyl sites for hydroxylation is 5. The van der Waals surface area contributed by atoms with Gasteiger partial charge in [0.2, 0.25) is 5.89 Å². The van der Waals surface area contributed by atoms with E-state index in [1.54, 1.807) is 0 Å². The highest BCUT2D eigenvalue weighted by Gasteiger charge is 2.35. The Labute approximate surface area is 135 Å². The third kappa shape index (κ3) is 3.17. The van der Waals surface area contributed by atoms with Crippen molar-refractivity contribution >= 4 is 0 Å². The van der Waals surface area contributed by atoms with Crippen molar-refractivity contribution in [1.82, 2.24) is 29.8 Å². The fraction of sp³-hybridized carbons (Fsp3) is 0.429. The van der Waals surface area contributed by atoms with Gasteiger partial charge in [0.25, 0.3) is 5.89 Å². The molecule has 10 heteroatoms. The van der Waals surface area contributed by atoms with Crippen molar-refractivity contribution in [2.75, 3.05) is 0 Å². The molecule has 0 aliphatic heterocycles. The summed E-state index contributed by atoms with van der Waals surface area (Å²) in [6.45, 7) is 4.37. The first-order valence-electron chi connectivity index (χ1n) is 7.19. The van der Waals surface area contributed by atoms with Gasteiger partial charge in [0.15, 0.2) is 0 Å². The first-order chi connectivity index (χ1) is 11.2. The Balaban J connectivity index is 1.75. The van der Waals surface area contributed by atoms with Gasteiger partial charge < -0.3 is 4.42 Å². The lowest BCUT2D eigenvalue weighted by Crippen LogP contribution is -2.11. The van der Waals surface area contributed by atoms with Crippen molar-refractivity contribution < 1.29 is 17.6 Å². The van der Waals surface area contributed by atoms with Crippen LogP contribution in [0.3, 0.4) is 0 Å². The van der Waals surface area contributed by atoms with Crippen molar-refractivity contribution in [2.45, 2.75) is 33.0 Å². The molecule has 3 aromatic rings. The number of halogens is 3. The van der Waals surface area contributed by atoms with Crippen molar-refractivity contribution in [1.29, 1.82) is 0 Å². The quantitative estimate of drug-likeness (QED) is 0.730. The van der Waals surface area contributed by atoms with Crippen LogP contribution in [0.25, 0.3) is 11.6 Å². The van der Waals surface area contributed by atoms with E-state index in [2.05, 4.69) is 20.4 Å². The molecule has 0 saturated carbocycles. The minimum absolute atomic E-state index is 0.00492. The van der Waals surface area contributed by atoms with Gasteiger partial charge in [-0.2, -0.15) is 23.4 Å². The number of aromatic nitrogens is 6. The summed E-state index contributed by atoms with van der Waals surface area (Å²) in [7, 11) is 1.21. The van der Waals surface area contributed by atoms with Crippen molar-refractivity contribution in [2.24, 2.45) is 7.05 Å². The van der Waals surface area contributed by atoms with Crippen LogP contribution in [0, 0.1) is 13.8 Å². The number of hydrogen-bond donors (Lipinski definition) is 0. The summed E-state index contributed by atoms with van der Waals surface area (Å²) in [5.74, 6) is 0.279. The second-order valence-electron chi connectivity index (χ2n) is 5.44. The highest BCUT2D eigenvalue weighted by Crippen LogP contribution is 2.31. The Morgan fingerprint density at radius 2 is 1.88 bits per heavy atom. The van der Waals surface area contributed by atoms with E-state index in [0.717, 1.165) is 22.1 Å². The van der Waals surface area contributed by atoms with Gasteiger partial charge in [0.05, 0.1) is 5.69 Å². The maximum atomic E-state index is 12.8. The molecule has 0 N–H and O–H groups in total. The maximum Gasteiger partial charge on any atom is 0.433 e. The van der Waals surface area contributed by atoms with Crippen LogP contribution in [0.1, 0.15) is 23.0 Å². The standard InChI is InChI=1S/C14H15F3N6O/c1-8-6-9(2)23(20-8)5-4-12-18-19-13(24-12)10-7-11(14(15,16)17)22(3)21-10/h6-7H,4-5H2,1-3H3. The summed E-state index contributed by atoms with van der Waals surface area (Å²) in [6, 6.07) is 2.84. The molecular formula is C14H15F3N6O. The molecule has 0 radical (unpaired) electrons. The molecule has 128 valence electrons. The average molecular weight is 340 g/mol. The van der Waals surface area contributed by atoms with Crippen LogP contribution in [0.5, 0.6) is 0 Å². The molecule has 0 aliphatic carbocycles. The summed E-state index contributed by atoms with van der Waals surface area (Å²) >= 11 is 0. The van der Waals surface area contributed by atoms with Gasteiger partial charge in [-0.25, -0.2) is 0 Å². The first kappa shape index (κ1) is 16.2. The third-order valence-electron chi connectivity index (χ3n) is 3.50. The highest BCUT2D eigenvalue weighted by atomic mass is 19.4. The zero-order chi connectivity index (χ0) is 17.5. The predicted molar refractivity (Wildman–Crippen MR) is 76.9 cm³/mol. The minimum atomic E-state index is -4.49. The lowest BCUT2D eigenvalue weighted by Gasteiger charge is -2.04. The van der Waals surface area contributed by atoms with Gasteiger partial charge in [0.1, 0.15) is 11.4 Å². The number of rotatable bonds is 4. The van der Waals surface area contributed by atoms with Crippen LogP contribution in [-0.4, -0.2) is 29.8 Å². The van der Waals surface area contributed by atoms with E-state index >= 15 is 0 Å². The molecule has 0 saturated heterocycles. The van der Waals surface area contributed by atoms with E-state index in [1.165, 1.54) is 7.05 Å². The Hall–Kier alpha value is -2.65. The molecule has 0 atom stereocenters. The van der Waals surface area contributed by atoms with E-state index in [1.807, 2.05) is 24.6 Å². The van der Waals surface area contributed by atoms with Crippen LogP contribution >= 0.6 is 0 Å². The Kier molecular flexibility index (Phi) is 3.90. The predicted octanol–water partition coefficient (Wildman–Crippen LogP) is 2.54. The highest BCUT2D eigenvalue weighted by molar-refractivity contribution is 5.47.